The summed E-state index contributed by atoms with van der Waals surface area (Å²) in [6.07, 6.45) is 10.8. The topological polar surface area (TPSA) is 72.7 Å². The van der Waals surface area contributed by atoms with E-state index in [9.17, 15) is 9.59 Å². The molecule has 0 bridgehead atoms. The van der Waals surface area contributed by atoms with Crippen molar-refractivity contribution in [3.8, 4) is 0 Å². The van der Waals surface area contributed by atoms with Crippen LogP contribution in [0.5, 0.6) is 0 Å². The molecule has 2 aromatic heterocycles. The first-order valence-corrected chi connectivity index (χ1v) is 10.9. The van der Waals surface area contributed by atoms with Crippen LogP contribution in [0.15, 0.2) is 14.7 Å². The van der Waals surface area contributed by atoms with Crippen molar-refractivity contribution in [1.82, 2.24) is 19.1 Å². The molecule has 146 valence electrons. The van der Waals surface area contributed by atoms with Gasteiger partial charge in [-0.1, -0.05) is 70.6 Å². The van der Waals surface area contributed by atoms with Gasteiger partial charge in [0.2, 0.25) is 0 Å². The number of thioether (sulfide) groups is 1. The maximum Gasteiger partial charge on any atom is 0.329 e. The predicted octanol–water partition coefficient (Wildman–Crippen LogP) is 4.07. The molecule has 0 amide bonds. The Labute approximate surface area is 159 Å². The summed E-state index contributed by atoms with van der Waals surface area (Å²) >= 11 is 1.68. The molecular formula is C19H32N4O2S. The number of hydrogen-bond donors (Lipinski definition) is 1. The number of nitrogens with one attached hydrogen (secondary N) is 1. The Kier molecular flexibility index (Phi) is 8.48. The molecule has 2 aromatic rings. The first kappa shape index (κ1) is 20.8. The fourth-order valence-corrected chi connectivity index (χ4v) is 4.17. The summed E-state index contributed by atoms with van der Waals surface area (Å²) in [5, 5.41) is 0.853. The lowest BCUT2D eigenvalue weighted by Crippen LogP contribution is -2.29. The Morgan fingerprint density at radius 1 is 0.962 bits per heavy atom. The minimum absolute atomic E-state index is 0.333. The first-order chi connectivity index (χ1) is 12.6. The molecule has 0 saturated carbocycles. The van der Waals surface area contributed by atoms with Crippen molar-refractivity contribution in [2.24, 2.45) is 7.05 Å². The molecule has 0 spiro atoms. The fraction of sp³-hybridized carbons (Fsp3) is 0.737. The van der Waals surface area contributed by atoms with Gasteiger partial charge < -0.3 is 4.57 Å². The minimum Gasteiger partial charge on any atom is -0.313 e. The smallest absolute Gasteiger partial charge is 0.313 e. The van der Waals surface area contributed by atoms with Crippen molar-refractivity contribution in [2.45, 2.75) is 83.3 Å². The van der Waals surface area contributed by atoms with E-state index in [2.05, 4.69) is 23.8 Å². The molecule has 0 aliphatic rings. The number of H-pyrrole nitrogens is 1. The standard InChI is InChI=1S/C19H32N4O2S/c1-4-6-8-9-10-11-12-13-23-15-16(20-19(23)26-14-7-5-2)22(3)18(25)21-17(15)24/h4-14H2,1-3H3,(H,21,24,25). The zero-order valence-corrected chi connectivity index (χ0v) is 17.2. The van der Waals surface area contributed by atoms with Gasteiger partial charge in [0, 0.05) is 19.3 Å². The van der Waals surface area contributed by atoms with Crippen LogP contribution in [0.25, 0.3) is 11.2 Å². The quantitative estimate of drug-likeness (QED) is 0.445. The van der Waals surface area contributed by atoms with Crippen molar-refractivity contribution in [3.05, 3.63) is 20.8 Å². The van der Waals surface area contributed by atoms with Crippen LogP contribution >= 0.6 is 11.8 Å². The number of aromatic nitrogens is 4. The molecule has 0 aliphatic carbocycles. The van der Waals surface area contributed by atoms with Gasteiger partial charge in [-0.05, 0) is 12.8 Å². The Morgan fingerprint density at radius 2 is 1.62 bits per heavy atom. The average Bonchev–Trinajstić information content (AvgIpc) is 2.98. The van der Waals surface area contributed by atoms with Crippen LogP contribution in [0.3, 0.4) is 0 Å². The monoisotopic (exact) mass is 380 g/mol. The molecular weight excluding hydrogens is 348 g/mol. The van der Waals surface area contributed by atoms with Gasteiger partial charge in [0.05, 0.1) is 0 Å². The molecule has 2 heterocycles. The number of fused-ring (bicyclic) bond motifs is 1. The van der Waals surface area contributed by atoms with E-state index in [1.54, 1.807) is 18.8 Å². The number of aromatic amines is 1. The lowest BCUT2D eigenvalue weighted by atomic mass is 10.1. The highest BCUT2D eigenvalue weighted by Crippen LogP contribution is 2.23. The fourth-order valence-electron chi connectivity index (χ4n) is 3.07. The Balaban J connectivity index is 2.16. The van der Waals surface area contributed by atoms with Crippen LogP contribution in [0, 0.1) is 0 Å². The molecule has 1 N–H and O–H groups in total. The van der Waals surface area contributed by atoms with Crippen LogP contribution in [-0.2, 0) is 13.6 Å². The van der Waals surface area contributed by atoms with Crippen molar-refractivity contribution in [3.63, 3.8) is 0 Å². The van der Waals surface area contributed by atoms with Gasteiger partial charge in [0.1, 0.15) is 0 Å². The SMILES string of the molecule is CCCCCCCCCn1c(SCCCC)nc2c1c(=O)[nH]c(=O)n2C. The first-order valence-electron chi connectivity index (χ1n) is 9.92. The molecule has 0 fully saturated rings. The molecule has 0 radical (unpaired) electrons. The molecule has 26 heavy (non-hydrogen) atoms. The maximum absolute atomic E-state index is 12.4. The molecule has 0 aliphatic heterocycles. The van der Waals surface area contributed by atoms with Crippen LogP contribution in [-0.4, -0.2) is 24.9 Å². The van der Waals surface area contributed by atoms with E-state index in [0.717, 1.165) is 43.1 Å². The molecule has 6 nitrogen and oxygen atoms in total. The van der Waals surface area contributed by atoms with Crippen molar-refractivity contribution in [2.75, 3.05) is 5.75 Å². The molecule has 0 atom stereocenters. The second-order valence-corrected chi connectivity index (χ2v) is 7.92. The van der Waals surface area contributed by atoms with Crippen LogP contribution < -0.4 is 11.2 Å². The largest absolute Gasteiger partial charge is 0.329 e. The lowest BCUT2D eigenvalue weighted by Gasteiger charge is -2.08. The summed E-state index contributed by atoms with van der Waals surface area (Å²) < 4.78 is 3.45. The van der Waals surface area contributed by atoms with E-state index in [-0.39, 0.29) is 5.56 Å². The van der Waals surface area contributed by atoms with Gasteiger partial charge in [0.25, 0.3) is 5.56 Å². The van der Waals surface area contributed by atoms with E-state index in [0.29, 0.717) is 11.2 Å². The Hall–Kier alpha value is -1.50. The van der Waals surface area contributed by atoms with E-state index >= 15 is 0 Å². The summed E-state index contributed by atoms with van der Waals surface area (Å²) in [5.41, 5.74) is 0.270. The third-order valence-corrected chi connectivity index (χ3v) is 5.75. The number of nitrogens with zero attached hydrogens (tertiary/aromatic N) is 3. The molecule has 0 aromatic carbocycles. The third kappa shape index (κ3) is 5.25. The molecule has 2 rings (SSSR count). The second-order valence-electron chi connectivity index (χ2n) is 6.86. The Morgan fingerprint density at radius 3 is 2.31 bits per heavy atom. The zero-order valence-electron chi connectivity index (χ0n) is 16.3. The molecule has 0 saturated heterocycles. The van der Waals surface area contributed by atoms with Crippen LogP contribution in [0.2, 0.25) is 0 Å². The highest BCUT2D eigenvalue weighted by molar-refractivity contribution is 7.99. The molecule has 0 unspecified atom stereocenters. The van der Waals surface area contributed by atoms with Crippen molar-refractivity contribution < 1.29 is 0 Å². The Bertz CT molecular complexity index is 806. The number of unbranched alkanes of at least 4 members (excludes halogenated alkanes) is 7. The second kappa shape index (κ2) is 10.6. The van der Waals surface area contributed by atoms with Crippen LogP contribution in [0.4, 0.5) is 0 Å². The highest BCUT2D eigenvalue weighted by Gasteiger charge is 2.17. The van der Waals surface area contributed by atoms with Gasteiger partial charge in [0.15, 0.2) is 16.3 Å². The summed E-state index contributed by atoms with van der Waals surface area (Å²) in [6.45, 7) is 5.17. The number of aryl methyl sites for hydroxylation is 2. The predicted molar refractivity (Wildman–Crippen MR) is 109 cm³/mol. The summed E-state index contributed by atoms with van der Waals surface area (Å²) in [4.78, 5) is 31.3. The van der Waals surface area contributed by atoms with Gasteiger partial charge in [-0.3, -0.25) is 14.3 Å². The lowest BCUT2D eigenvalue weighted by molar-refractivity contribution is 0.538. The van der Waals surface area contributed by atoms with Gasteiger partial charge in [-0.2, -0.15) is 0 Å². The van der Waals surface area contributed by atoms with Crippen LogP contribution in [0.1, 0.15) is 71.6 Å². The van der Waals surface area contributed by atoms with E-state index in [4.69, 9.17) is 0 Å². The van der Waals surface area contributed by atoms with Gasteiger partial charge >= 0.3 is 5.69 Å². The summed E-state index contributed by atoms with van der Waals surface area (Å²) in [7, 11) is 1.66. The highest BCUT2D eigenvalue weighted by atomic mass is 32.2. The maximum atomic E-state index is 12.4. The minimum atomic E-state index is -0.409. The van der Waals surface area contributed by atoms with E-state index in [1.165, 1.54) is 36.7 Å². The van der Waals surface area contributed by atoms with E-state index < -0.39 is 5.69 Å². The number of imidazole rings is 1. The summed E-state index contributed by atoms with van der Waals surface area (Å²) in [6, 6.07) is 0. The average molecular weight is 381 g/mol. The molecule has 7 heteroatoms. The van der Waals surface area contributed by atoms with Crippen molar-refractivity contribution in [1.29, 1.82) is 0 Å². The number of rotatable bonds is 12. The van der Waals surface area contributed by atoms with E-state index in [1.807, 2.05) is 4.57 Å². The zero-order chi connectivity index (χ0) is 18.9. The van der Waals surface area contributed by atoms with Gasteiger partial charge in [-0.15, -0.1) is 0 Å². The van der Waals surface area contributed by atoms with Gasteiger partial charge in [-0.25, -0.2) is 9.78 Å². The number of hydrogen-bond acceptors (Lipinski definition) is 4. The third-order valence-electron chi connectivity index (χ3n) is 4.69. The normalized spacial score (nSPS) is 11.5. The summed E-state index contributed by atoms with van der Waals surface area (Å²) in [5.74, 6) is 0.975. The van der Waals surface area contributed by atoms with Crippen molar-refractivity contribution >= 4 is 22.9 Å².